The third-order valence-corrected chi connectivity index (χ3v) is 7.08. The maximum absolute atomic E-state index is 12.8. The van der Waals surface area contributed by atoms with Crippen molar-refractivity contribution in [1.29, 1.82) is 0 Å². The molecule has 1 N–H and O–H groups in total. The predicted octanol–water partition coefficient (Wildman–Crippen LogP) is 5.86. The van der Waals surface area contributed by atoms with Crippen molar-refractivity contribution in [3.05, 3.63) is 76.7 Å². The first-order valence-corrected chi connectivity index (χ1v) is 12.2. The highest BCUT2D eigenvalue weighted by Crippen LogP contribution is 2.32. The maximum atomic E-state index is 12.8. The molecule has 1 aliphatic rings. The van der Waals surface area contributed by atoms with E-state index in [0.29, 0.717) is 33.7 Å². The van der Waals surface area contributed by atoms with Gasteiger partial charge in [0.15, 0.2) is 5.13 Å². The van der Waals surface area contributed by atoms with Crippen LogP contribution in [0.3, 0.4) is 0 Å². The number of benzene rings is 2. The molecule has 0 atom stereocenters. The number of hydrogen-bond donors (Lipinski definition) is 1. The van der Waals surface area contributed by atoms with Crippen LogP contribution in [-0.4, -0.2) is 32.6 Å². The second kappa shape index (κ2) is 10.2. The fourth-order valence-electron chi connectivity index (χ4n) is 3.26. The molecule has 0 saturated carbocycles. The average molecular weight is 480 g/mol. The fourth-order valence-corrected chi connectivity index (χ4v) is 5.50. The van der Waals surface area contributed by atoms with Crippen molar-refractivity contribution in [2.45, 2.75) is 19.8 Å². The molecule has 1 aromatic heterocycles. The third kappa shape index (κ3) is 5.51. The molecule has 0 radical (unpaired) electrons. The number of carbonyl (C=O) groups excluding carboxylic acids is 2. The minimum Gasteiger partial charge on any atom is -0.302 e. The van der Waals surface area contributed by atoms with Crippen molar-refractivity contribution < 1.29 is 9.59 Å². The zero-order valence-electron chi connectivity index (χ0n) is 17.4. The van der Waals surface area contributed by atoms with Crippen molar-refractivity contribution in [3.63, 3.8) is 0 Å². The summed E-state index contributed by atoms with van der Waals surface area (Å²) < 4.78 is 1.56. The summed E-state index contributed by atoms with van der Waals surface area (Å²) in [6.07, 6.45) is 4.71. The molecule has 2 heterocycles. The molecule has 4 rings (SSSR count). The molecule has 5 nitrogen and oxygen atoms in total. The van der Waals surface area contributed by atoms with Crippen LogP contribution in [0.25, 0.3) is 16.3 Å². The van der Waals surface area contributed by atoms with E-state index in [9.17, 15) is 9.59 Å². The Kier molecular flexibility index (Phi) is 7.14. The van der Waals surface area contributed by atoms with Gasteiger partial charge in [0.1, 0.15) is 4.32 Å². The number of nitrogens with zero attached hydrogens (tertiary/aromatic N) is 2. The lowest BCUT2D eigenvalue weighted by Crippen LogP contribution is -2.29. The van der Waals surface area contributed by atoms with E-state index < -0.39 is 0 Å². The lowest BCUT2D eigenvalue weighted by Gasteiger charge is -2.13. The summed E-state index contributed by atoms with van der Waals surface area (Å²) in [5.41, 5.74) is 2.93. The molecule has 1 fully saturated rings. The molecule has 0 unspecified atom stereocenters. The molecule has 0 bridgehead atoms. The Morgan fingerprint density at radius 1 is 1.16 bits per heavy atom. The van der Waals surface area contributed by atoms with Gasteiger partial charge < -0.3 is 5.32 Å². The van der Waals surface area contributed by atoms with Crippen molar-refractivity contribution in [2.24, 2.45) is 0 Å². The second-order valence-corrected chi connectivity index (χ2v) is 9.98. The Balaban J connectivity index is 1.30. The molecule has 2 amide bonds. The number of thiazole rings is 1. The van der Waals surface area contributed by atoms with Gasteiger partial charge in [0.2, 0.25) is 5.91 Å². The topological polar surface area (TPSA) is 62.3 Å². The maximum Gasteiger partial charge on any atom is 0.266 e. The number of rotatable bonds is 7. The highest BCUT2D eigenvalue weighted by Gasteiger charge is 2.31. The highest BCUT2D eigenvalue weighted by atomic mass is 32.2. The van der Waals surface area contributed by atoms with Crippen LogP contribution in [0.1, 0.15) is 25.3 Å². The van der Waals surface area contributed by atoms with Gasteiger partial charge in [0.05, 0.1) is 15.1 Å². The Morgan fingerprint density at radius 2 is 1.91 bits per heavy atom. The normalized spacial score (nSPS) is 15.7. The smallest absolute Gasteiger partial charge is 0.266 e. The van der Waals surface area contributed by atoms with Gasteiger partial charge in [0.25, 0.3) is 5.91 Å². The highest BCUT2D eigenvalue weighted by molar-refractivity contribution is 8.26. The number of thiocarbonyl (C=S) groups is 1. The number of anilines is 1. The fraction of sp³-hybridized carbons (Fsp3) is 0.167. The van der Waals surface area contributed by atoms with Gasteiger partial charge in [-0.3, -0.25) is 14.5 Å². The van der Waals surface area contributed by atoms with Crippen LogP contribution >= 0.6 is 35.3 Å². The first-order valence-electron chi connectivity index (χ1n) is 10.1. The SMILES string of the molecule is CC(=Cc1ccccc1)C=C1SC(=S)N(CCCC(=O)Nc2nc3ccccc3s2)C1=O. The second-order valence-electron chi connectivity index (χ2n) is 7.27. The molecule has 8 heteroatoms. The number of carbonyl (C=O) groups is 2. The molecular weight excluding hydrogens is 458 g/mol. The van der Waals surface area contributed by atoms with Crippen LogP contribution in [-0.2, 0) is 9.59 Å². The van der Waals surface area contributed by atoms with E-state index in [0.717, 1.165) is 21.4 Å². The van der Waals surface area contributed by atoms with E-state index in [1.54, 1.807) is 4.90 Å². The summed E-state index contributed by atoms with van der Waals surface area (Å²) in [5, 5.41) is 3.43. The van der Waals surface area contributed by atoms with Gasteiger partial charge >= 0.3 is 0 Å². The van der Waals surface area contributed by atoms with Gasteiger partial charge in [-0.25, -0.2) is 4.98 Å². The van der Waals surface area contributed by atoms with Crippen LogP contribution < -0.4 is 5.32 Å². The summed E-state index contributed by atoms with van der Waals surface area (Å²) in [6.45, 7) is 2.38. The van der Waals surface area contributed by atoms with Crippen molar-refractivity contribution in [1.82, 2.24) is 9.88 Å². The standard InChI is InChI=1S/C24H21N3O2S3/c1-16(14-17-8-3-2-4-9-17)15-20-22(29)27(24(30)32-20)13-7-12-21(28)26-23-25-18-10-5-6-11-19(18)31-23/h2-6,8-11,14-15H,7,12-13H2,1H3,(H,25,26,28). The van der Waals surface area contributed by atoms with Gasteiger partial charge in [-0.1, -0.05) is 83.9 Å². The summed E-state index contributed by atoms with van der Waals surface area (Å²) in [5.74, 6) is -0.223. The minimum absolute atomic E-state index is 0.104. The molecular formula is C24H21N3O2S3. The molecule has 1 aliphatic heterocycles. The zero-order chi connectivity index (χ0) is 22.5. The molecule has 0 spiro atoms. The molecule has 32 heavy (non-hydrogen) atoms. The van der Waals surface area contributed by atoms with Crippen molar-refractivity contribution in [2.75, 3.05) is 11.9 Å². The van der Waals surface area contributed by atoms with Crippen LogP contribution in [0.5, 0.6) is 0 Å². The van der Waals surface area contributed by atoms with E-state index >= 15 is 0 Å². The Labute approximate surface area is 200 Å². The number of para-hydroxylation sites is 1. The van der Waals surface area contributed by atoms with Gasteiger partial charge in [-0.15, -0.1) is 0 Å². The quantitative estimate of drug-likeness (QED) is 0.340. The minimum atomic E-state index is -0.119. The number of thioether (sulfide) groups is 1. The Bertz CT molecular complexity index is 1200. The first-order chi connectivity index (χ1) is 15.5. The number of fused-ring (bicyclic) bond motifs is 1. The summed E-state index contributed by atoms with van der Waals surface area (Å²) >= 11 is 8.15. The van der Waals surface area contributed by atoms with E-state index in [4.69, 9.17) is 12.2 Å². The van der Waals surface area contributed by atoms with Crippen molar-refractivity contribution >= 4 is 72.9 Å². The monoisotopic (exact) mass is 479 g/mol. The Morgan fingerprint density at radius 3 is 2.69 bits per heavy atom. The van der Waals surface area contributed by atoms with Gasteiger partial charge in [-0.05, 0) is 42.7 Å². The van der Waals surface area contributed by atoms with Gasteiger partial charge in [-0.2, -0.15) is 0 Å². The third-order valence-electron chi connectivity index (χ3n) is 4.75. The molecule has 2 aromatic carbocycles. The van der Waals surface area contributed by atoms with Gasteiger partial charge in [0, 0.05) is 13.0 Å². The molecule has 1 saturated heterocycles. The van der Waals surface area contributed by atoms with E-state index in [1.807, 2.05) is 73.7 Å². The van der Waals surface area contributed by atoms with Crippen LogP contribution in [0.15, 0.2) is 71.2 Å². The number of nitrogens with one attached hydrogen (secondary N) is 1. The van der Waals surface area contributed by atoms with Crippen LogP contribution in [0, 0.1) is 0 Å². The van der Waals surface area contributed by atoms with E-state index in [1.165, 1.54) is 23.1 Å². The first kappa shape index (κ1) is 22.4. The molecule has 162 valence electrons. The van der Waals surface area contributed by atoms with Crippen LogP contribution in [0.2, 0.25) is 0 Å². The average Bonchev–Trinajstić information content (AvgIpc) is 3.29. The lowest BCUT2D eigenvalue weighted by atomic mass is 10.1. The number of aromatic nitrogens is 1. The predicted molar refractivity (Wildman–Crippen MR) is 138 cm³/mol. The molecule has 0 aliphatic carbocycles. The number of hydrogen-bond acceptors (Lipinski definition) is 6. The summed E-state index contributed by atoms with van der Waals surface area (Å²) in [4.78, 5) is 31.7. The zero-order valence-corrected chi connectivity index (χ0v) is 19.9. The largest absolute Gasteiger partial charge is 0.302 e. The van der Waals surface area contributed by atoms with E-state index in [-0.39, 0.29) is 11.8 Å². The molecule has 3 aromatic rings. The summed E-state index contributed by atoms with van der Waals surface area (Å²) in [6, 6.07) is 17.7. The summed E-state index contributed by atoms with van der Waals surface area (Å²) in [7, 11) is 0. The van der Waals surface area contributed by atoms with E-state index in [2.05, 4.69) is 10.3 Å². The number of amides is 2. The van der Waals surface area contributed by atoms with Crippen LogP contribution in [0.4, 0.5) is 5.13 Å². The number of allylic oxidation sites excluding steroid dienone is 2. The lowest BCUT2D eigenvalue weighted by molar-refractivity contribution is -0.122. The van der Waals surface area contributed by atoms with Crippen molar-refractivity contribution in [3.8, 4) is 0 Å². The Hall–Kier alpha value is -2.81.